The molecule has 1 atom stereocenters. The fourth-order valence-electron chi connectivity index (χ4n) is 3.65. The number of nitrogen functional groups attached to an aromatic ring is 2. The number of carbonyl (C=O) groups excluding carboxylic acids is 1. The van der Waals surface area contributed by atoms with Crippen LogP contribution in [0, 0.1) is 5.92 Å². The third kappa shape index (κ3) is 4.42. The molecule has 10 nitrogen and oxygen atoms in total. The first-order valence-electron chi connectivity index (χ1n) is 10.1. The van der Waals surface area contributed by atoms with Crippen LogP contribution in [0.5, 0.6) is 0 Å². The second-order valence-corrected chi connectivity index (χ2v) is 8.50. The Balaban J connectivity index is 1.84. The number of amides is 1. The van der Waals surface area contributed by atoms with E-state index in [4.69, 9.17) is 45.4 Å². The average Bonchev–Trinajstić information content (AvgIpc) is 3.56. The maximum absolute atomic E-state index is 13.4. The number of benzene rings is 1. The van der Waals surface area contributed by atoms with Gasteiger partial charge in [0, 0.05) is 13.0 Å². The molecule has 168 valence electrons. The largest absolute Gasteiger partial charge is 0.382 e. The van der Waals surface area contributed by atoms with Gasteiger partial charge in [-0.3, -0.25) is 14.2 Å². The molecule has 32 heavy (non-hydrogen) atoms. The maximum atomic E-state index is 13.4. The molecule has 1 fully saturated rings. The van der Waals surface area contributed by atoms with Gasteiger partial charge in [0.15, 0.2) is 5.82 Å². The zero-order chi connectivity index (χ0) is 23.0. The van der Waals surface area contributed by atoms with E-state index in [0.717, 1.165) is 12.8 Å². The molecule has 0 bridgehead atoms. The Morgan fingerprint density at radius 2 is 1.97 bits per heavy atom. The van der Waals surface area contributed by atoms with E-state index in [1.54, 1.807) is 18.2 Å². The van der Waals surface area contributed by atoms with E-state index >= 15 is 0 Å². The average molecular weight is 477 g/mol. The van der Waals surface area contributed by atoms with Crippen molar-refractivity contribution in [2.75, 3.05) is 16.8 Å². The van der Waals surface area contributed by atoms with Gasteiger partial charge in [0.05, 0.1) is 22.0 Å². The summed E-state index contributed by atoms with van der Waals surface area (Å²) in [6, 6.07) is 4.72. The second kappa shape index (κ2) is 8.79. The van der Waals surface area contributed by atoms with Crippen LogP contribution in [0.3, 0.4) is 0 Å². The van der Waals surface area contributed by atoms with E-state index in [0.29, 0.717) is 28.2 Å². The minimum Gasteiger partial charge on any atom is -0.382 e. The zero-order valence-electron chi connectivity index (χ0n) is 17.0. The van der Waals surface area contributed by atoms with Crippen molar-refractivity contribution in [3.05, 3.63) is 44.4 Å². The number of anilines is 3. The van der Waals surface area contributed by atoms with E-state index in [1.807, 2.05) is 0 Å². The Morgan fingerprint density at radius 1 is 1.22 bits per heavy atom. The summed E-state index contributed by atoms with van der Waals surface area (Å²) in [4.78, 5) is 37.5. The van der Waals surface area contributed by atoms with Gasteiger partial charge in [-0.1, -0.05) is 29.3 Å². The standard InChI is InChI=1S/C20H22Cl2N8O2/c21-10-3-1-4-11-13(10)19(32)30(8-2-5-12(23)31)18(26-11)15(9-6-7-9)27-17-14(22)16(24)28-20(25)29-17/h1,3-4,9,15H,2,5-8H2,(H2,23,31)(H5,24,25,27,28,29)/t15-/m0/s1. The maximum Gasteiger partial charge on any atom is 0.262 e. The summed E-state index contributed by atoms with van der Waals surface area (Å²) in [5.41, 5.74) is 17.0. The lowest BCUT2D eigenvalue weighted by Crippen LogP contribution is -2.31. The molecule has 0 saturated heterocycles. The van der Waals surface area contributed by atoms with Crippen molar-refractivity contribution in [3.63, 3.8) is 0 Å². The van der Waals surface area contributed by atoms with Crippen molar-refractivity contribution in [1.29, 1.82) is 0 Å². The number of carbonyl (C=O) groups is 1. The fraction of sp³-hybridized carbons (Fsp3) is 0.350. The first-order chi connectivity index (χ1) is 15.3. The summed E-state index contributed by atoms with van der Waals surface area (Å²) in [6.07, 6.45) is 2.37. The van der Waals surface area contributed by atoms with Crippen molar-refractivity contribution >= 4 is 57.6 Å². The molecule has 1 aliphatic rings. The first kappa shape index (κ1) is 22.1. The topological polar surface area (TPSA) is 168 Å². The van der Waals surface area contributed by atoms with Gasteiger partial charge in [-0.05, 0) is 37.3 Å². The number of fused-ring (bicyclic) bond motifs is 1. The van der Waals surface area contributed by atoms with Crippen molar-refractivity contribution < 1.29 is 4.79 Å². The molecule has 0 spiro atoms. The van der Waals surface area contributed by atoms with Gasteiger partial charge in [0.1, 0.15) is 16.7 Å². The number of nitrogens with two attached hydrogens (primary N) is 3. The van der Waals surface area contributed by atoms with Gasteiger partial charge in [0.25, 0.3) is 5.56 Å². The minimum absolute atomic E-state index is 0.0268. The minimum atomic E-state index is -0.443. The van der Waals surface area contributed by atoms with Crippen molar-refractivity contribution in [1.82, 2.24) is 19.5 Å². The molecule has 12 heteroatoms. The molecule has 2 aromatic heterocycles. The molecule has 4 rings (SSSR count). The van der Waals surface area contributed by atoms with Gasteiger partial charge >= 0.3 is 0 Å². The molecule has 1 aliphatic carbocycles. The number of nitrogens with one attached hydrogen (secondary N) is 1. The molecule has 3 aromatic rings. The monoisotopic (exact) mass is 476 g/mol. The van der Waals surface area contributed by atoms with Gasteiger partial charge in [0.2, 0.25) is 11.9 Å². The van der Waals surface area contributed by atoms with Crippen LogP contribution in [-0.2, 0) is 11.3 Å². The van der Waals surface area contributed by atoms with E-state index in [2.05, 4.69) is 15.3 Å². The molecule has 1 saturated carbocycles. The normalized spacial score (nSPS) is 14.4. The van der Waals surface area contributed by atoms with Gasteiger partial charge in [-0.25, -0.2) is 4.98 Å². The van der Waals surface area contributed by atoms with Crippen LogP contribution in [0.4, 0.5) is 17.6 Å². The number of hydrogen-bond acceptors (Lipinski definition) is 8. The summed E-state index contributed by atoms with van der Waals surface area (Å²) in [7, 11) is 0. The van der Waals surface area contributed by atoms with Gasteiger partial charge in [-0.2, -0.15) is 9.97 Å². The lowest BCUT2D eigenvalue weighted by atomic mass is 10.1. The van der Waals surface area contributed by atoms with Crippen LogP contribution in [-0.4, -0.2) is 25.4 Å². The van der Waals surface area contributed by atoms with Gasteiger partial charge < -0.3 is 22.5 Å². The predicted molar refractivity (Wildman–Crippen MR) is 124 cm³/mol. The van der Waals surface area contributed by atoms with Crippen LogP contribution < -0.4 is 28.1 Å². The molecule has 1 amide bonds. The molecule has 7 N–H and O–H groups in total. The predicted octanol–water partition coefficient (Wildman–Crippen LogP) is 2.49. The van der Waals surface area contributed by atoms with Crippen LogP contribution in [0.15, 0.2) is 23.0 Å². The number of aromatic nitrogens is 4. The molecule has 0 unspecified atom stereocenters. The molecule has 0 aliphatic heterocycles. The van der Waals surface area contributed by atoms with Crippen molar-refractivity contribution in [2.45, 2.75) is 38.3 Å². The van der Waals surface area contributed by atoms with Crippen LogP contribution >= 0.6 is 23.2 Å². The highest BCUT2D eigenvalue weighted by Crippen LogP contribution is 2.43. The highest BCUT2D eigenvalue weighted by molar-refractivity contribution is 6.35. The number of nitrogens with zero attached hydrogens (tertiary/aromatic N) is 4. The number of primary amides is 1. The Bertz CT molecular complexity index is 1260. The molecule has 1 aromatic carbocycles. The van der Waals surface area contributed by atoms with E-state index < -0.39 is 11.9 Å². The number of rotatable bonds is 8. The van der Waals surface area contributed by atoms with Gasteiger partial charge in [-0.15, -0.1) is 0 Å². The Hall–Kier alpha value is -3.11. The van der Waals surface area contributed by atoms with E-state index in [1.165, 1.54) is 4.57 Å². The number of hydrogen-bond donors (Lipinski definition) is 4. The molecular formula is C20H22Cl2N8O2. The highest BCUT2D eigenvalue weighted by atomic mass is 35.5. The third-order valence-electron chi connectivity index (χ3n) is 5.33. The third-order valence-corrected chi connectivity index (χ3v) is 6.01. The van der Waals surface area contributed by atoms with Crippen LogP contribution in [0.25, 0.3) is 10.9 Å². The Kier molecular flexibility index (Phi) is 6.07. The Labute approximate surface area is 193 Å². The zero-order valence-corrected chi connectivity index (χ0v) is 18.5. The lowest BCUT2D eigenvalue weighted by molar-refractivity contribution is -0.118. The highest BCUT2D eigenvalue weighted by Gasteiger charge is 2.36. The van der Waals surface area contributed by atoms with Crippen molar-refractivity contribution in [3.8, 4) is 0 Å². The molecule has 0 radical (unpaired) electrons. The Morgan fingerprint density at radius 3 is 2.66 bits per heavy atom. The first-order valence-corrected chi connectivity index (χ1v) is 10.8. The summed E-state index contributed by atoms with van der Waals surface area (Å²) in [6.45, 7) is 0.248. The second-order valence-electron chi connectivity index (χ2n) is 7.72. The summed E-state index contributed by atoms with van der Waals surface area (Å²) < 4.78 is 1.54. The van der Waals surface area contributed by atoms with E-state index in [9.17, 15) is 9.59 Å². The SMILES string of the molecule is NC(=O)CCCn1c([C@@H](Nc2nc(N)nc(N)c2Cl)C2CC2)nc2cccc(Cl)c2c1=O. The lowest BCUT2D eigenvalue weighted by Gasteiger charge is -2.23. The van der Waals surface area contributed by atoms with Crippen LogP contribution in [0.1, 0.15) is 37.5 Å². The summed E-state index contributed by atoms with van der Waals surface area (Å²) in [5.74, 6) is 0.520. The quantitative estimate of drug-likeness (QED) is 0.384. The molecular weight excluding hydrogens is 455 g/mol. The molecule has 2 heterocycles. The smallest absolute Gasteiger partial charge is 0.262 e. The number of halogens is 2. The van der Waals surface area contributed by atoms with E-state index in [-0.39, 0.29) is 47.0 Å². The van der Waals surface area contributed by atoms with Crippen molar-refractivity contribution in [2.24, 2.45) is 11.7 Å². The summed E-state index contributed by atoms with van der Waals surface area (Å²) >= 11 is 12.6. The van der Waals surface area contributed by atoms with Crippen LogP contribution in [0.2, 0.25) is 10.0 Å². The summed E-state index contributed by atoms with van der Waals surface area (Å²) in [5, 5.41) is 4.03. The fourth-order valence-corrected chi connectivity index (χ4v) is 4.04.